The monoisotopic (exact) mass is 373 g/mol. The summed E-state index contributed by atoms with van der Waals surface area (Å²) in [7, 11) is 0. The molecule has 0 radical (unpaired) electrons. The van der Waals surface area contributed by atoms with Crippen molar-refractivity contribution in [3.05, 3.63) is 73.5 Å². The van der Waals surface area contributed by atoms with Crippen LogP contribution in [0.15, 0.2) is 50.4 Å². The summed E-state index contributed by atoms with van der Waals surface area (Å²) in [6, 6.07) is 10.8. The van der Waals surface area contributed by atoms with E-state index in [-0.39, 0.29) is 0 Å². The zero-order chi connectivity index (χ0) is 18.7. The van der Waals surface area contributed by atoms with Crippen molar-refractivity contribution in [3.63, 3.8) is 0 Å². The van der Waals surface area contributed by atoms with Crippen LogP contribution in [0.4, 0.5) is 0 Å². The molecular weight excluding hydrogens is 354 g/mol. The minimum absolute atomic E-state index is 0.309. The number of nitrogens with zero attached hydrogens (tertiary/aromatic N) is 1. The number of halogens is 1. The highest BCUT2D eigenvalue weighted by molar-refractivity contribution is 6.31. The number of unbranched alkanes of at least 4 members (excludes halogenated alkanes) is 1. The summed E-state index contributed by atoms with van der Waals surface area (Å²) in [4.78, 5) is 23.9. The molecule has 0 aliphatic rings. The third-order valence-electron chi connectivity index (χ3n) is 4.39. The normalized spacial score (nSPS) is 11.0. The Labute approximate surface area is 155 Å². The number of benzene rings is 2. The fourth-order valence-corrected chi connectivity index (χ4v) is 2.94. The molecule has 1 heterocycles. The predicted molar refractivity (Wildman–Crippen MR) is 102 cm³/mol. The van der Waals surface area contributed by atoms with Crippen LogP contribution in [-0.4, -0.2) is 11.2 Å². The van der Waals surface area contributed by atoms with Gasteiger partial charge in [0.25, 0.3) is 0 Å². The number of hydrogen-bond acceptors (Lipinski definition) is 4. The number of aryl methyl sites for hydroxylation is 3. The van der Waals surface area contributed by atoms with Gasteiger partial charge in [-0.1, -0.05) is 17.7 Å². The molecule has 0 aliphatic carbocycles. The molecule has 0 atom stereocenters. The van der Waals surface area contributed by atoms with Gasteiger partial charge in [-0.15, -0.1) is 0 Å². The van der Waals surface area contributed by atoms with Crippen molar-refractivity contribution in [2.75, 3.05) is 6.61 Å². The topological polar surface area (TPSA) is 61.4 Å². The number of fused-ring (bicyclic) bond motifs is 1. The van der Waals surface area contributed by atoms with Gasteiger partial charge in [0.15, 0.2) is 0 Å². The molecule has 0 bridgehead atoms. The second-order valence-corrected chi connectivity index (χ2v) is 6.71. The average molecular weight is 374 g/mol. The molecule has 0 saturated carbocycles. The van der Waals surface area contributed by atoms with Gasteiger partial charge in [-0.3, -0.25) is 4.57 Å². The van der Waals surface area contributed by atoms with Gasteiger partial charge >= 0.3 is 11.4 Å². The smallest absolute Gasteiger partial charge is 0.422 e. The van der Waals surface area contributed by atoms with Crippen molar-refractivity contribution < 1.29 is 9.15 Å². The lowest BCUT2D eigenvalue weighted by molar-refractivity contribution is 0.300. The first-order valence-electron chi connectivity index (χ1n) is 8.49. The molecule has 0 N–H and O–H groups in total. The highest BCUT2D eigenvalue weighted by Crippen LogP contribution is 2.17. The molecule has 0 fully saturated rings. The summed E-state index contributed by atoms with van der Waals surface area (Å²) in [5.41, 5.74) is 2.29. The van der Waals surface area contributed by atoms with Gasteiger partial charge in [0.2, 0.25) is 0 Å². The maximum absolute atomic E-state index is 12.0. The van der Waals surface area contributed by atoms with E-state index in [1.807, 2.05) is 18.2 Å². The van der Waals surface area contributed by atoms with Crippen molar-refractivity contribution in [3.8, 4) is 5.75 Å². The summed E-state index contributed by atoms with van der Waals surface area (Å²) in [5, 5.41) is 0.736. The summed E-state index contributed by atoms with van der Waals surface area (Å²) in [6.07, 6.45) is 1.49. The Morgan fingerprint density at radius 3 is 2.62 bits per heavy atom. The predicted octanol–water partition coefficient (Wildman–Crippen LogP) is 4.08. The molecule has 0 amide bonds. The quantitative estimate of drug-likeness (QED) is 0.611. The van der Waals surface area contributed by atoms with Crippen molar-refractivity contribution >= 4 is 22.5 Å². The Bertz CT molecular complexity index is 1050. The SMILES string of the molecule is Cc1ccc(OCCCCn2c(=O)oc(=O)c3cc(Cl)ccc32)cc1C. The molecule has 2 aromatic carbocycles. The Balaban J connectivity index is 1.64. The maximum Gasteiger partial charge on any atom is 0.422 e. The average Bonchev–Trinajstić information content (AvgIpc) is 2.60. The molecule has 136 valence electrons. The van der Waals surface area contributed by atoms with Crippen LogP contribution in [0.1, 0.15) is 24.0 Å². The first-order chi connectivity index (χ1) is 12.5. The van der Waals surface area contributed by atoms with Gasteiger partial charge in [0, 0.05) is 11.6 Å². The molecule has 0 aliphatic heterocycles. The van der Waals surface area contributed by atoms with Crippen LogP contribution in [0, 0.1) is 13.8 Å². The van der Waals surface area contributed by atoms with Crippen LogP contribution < -0.4 is 16.1 Å². The van der Waals surface area contributed by atoms with Crippen LogP contribution in [0.2, 0.25) is 5.02 Å². The van der Waals surface area contributed by atoms with E-state index in [0.29, 0.717) is 29.1 Å². The van der Waals surface area contributed by atoms with E-state index >= 15 is 0 Å². The van der Waals surface area contributed by atoms with E-state index in [9.17, 15) is 9.59 Å². The van der Waals surface area contributed by atoms with Crippen molar-refractivity contribution in [2.24, 2.45) is 0 Å². The minimum Gasteiger partial charge on any atom is -0.494 e. The fraction of sp³-hybridized carbons (Fsp3) is 0.300. The van der Waals surface area contributed by atoms with Crippen LogP contribution in [0.5, 0.6) is 5.75 Å². The number of hydrogen-bond donors (Lipinski definition) is 0. The summed E-state index contributed by atoms with van der Waals surface area (Å²) >= 11 is 5.92. The van der Waals surface area contributed by atoms with Crippen molar-refractivity contribution in [1.82, 2.24) is 4.57 Å². The Kier molecular flexibility index (Phi) is 5.47. The fourth-order valence-electron chi connectivity index (χ4n) is 2.77. The number of ether oxygens (including phenoxy) is 1. The van der Waals surface area contributed by atoms with Crippen LogP contribution in [-0.2, 0) is 6.54 Å². The van der Waals surface area contributed by atoms with Gasteiger partial charge in [0.1, 0.15) is 5.75 Å². The third-order valence-corrected chi connectivity index (χ3v) is 4.63. The first kappa shape index (κ1) is 18.3. The van der Waals surface area contributed by atoms with E-state index in [1.165, 1.54) is 21.8 Å². The molecule has 26 heavy (non-hydrogen) atoms. The van der Waals surface area contributed by atoms with Crippen LogP contribution in [0.25, 0.3) is 10.9 Å². The molecule has 5 nitrogen and oxygen atoms in total. The molecule has 3 rings (SSSR count). The Morgan fingerprint density at radius 2 is 1.85 bits per heavy atom. The maximum atomic E-state index is 12.0. The van der Waals surface area contributed by atoms with Crippen molar-refractivity contribution in [2.45, 2.75) is 33.2 Å². The van der Waals surface area contributed by atoms with Gasteiger partial charge in [-0.2, -0.15) is 0 Å². The van der Waals surface area contributed by atoms with Crippen molar-refractivity contribution in [1.29, 1.82) is 0 Å². The summed E-state index contributed by atoms with van der Waals surface area (Å²) in [5.74, 6) is 0.191. The van der Waals surface area contributed by atoms with E-state index < -0.39 is 11.4 Å². The van der Waals surface area contributed by atoms with E-state index in [4.69, 9.17) is 20.8 Å². The Morgan fingerprint density at radius 1 is 1.04 bits per heavy atom. The van der Waals surface area contributed by atoms with Gasteiger partial charge in [-0.25, -0.2) is 9.59 Å². The number of rotatable bonds is 6. The van der Waals surface area contributed by atoms with Crippen LogP contribution in [0.3, 0.4) is 0 Å². The molecule has 6 heteroatoms. The zero-order valence-electron chi connectivity index (χ0n) is 14.8. The number of aromatic nitrogens is 1. The van der Waals surface area contributed by atoms with E-state index in [1.54, 1.807) is 12.1 Å². The molecule has 3 aromatic rings. The molecular formula is C20H20ClNO4. The highest BCUT2D eigenvalue weighted by Gasteiger charge is 2.09. The Hall–Kier alpha value is -2.53. The molecule has 0 unspecified atom stereocenters. The standard InChI is InChI=1S/C20H20ClNO4/c1-13-5-7-16(11-14(13)2)25-10-4-3-9-22-18-8-6-15(21)12-17(18)19(23)26-20(22)24/h5-8,11-12H,3-4,9-10H2,1-2H3. The minimum atomic E-state index is -0.665. The van der Waals surface area contributed by atoms with E-state index in [2.05, 4.69) is 13.8 Å². The largest absolute Gasteiger partial charge is 0.494 e. The molecule has 0 spiro atoms. The lowest BCUT2D eigenvalue weighted by atomic mass is 10.1. The lowest BCUT2D eigenvalue weighted by Gasteiger charge is -2.10. The third kappa shape index (κ3) is 3.99. The van der Waals surface area contributed by atoms with Gasteiger partial charge in [0.05, 0.1) is 17.5 Å². The van der Waals surface area contributed by atoms with Crippen LogP contribution >= 0.6 is 11.6 Å². The lowest BCUT2D eigenvalue weighted by Crippen LogP contribution is -2.25. The summed E-state index contributed by atoms with van der Waals surface area (Å²) < 4.78 is 12.0. The highest BCUT2D eigenvalue weighted by atomic mass is 35.5. The van der Waals surface area contributed by atoms with Gasteiger partial charge in [-0.05, 0) is 68.1 Å². The molecule has 1 aromatic heterocycles. The van der Waals surface area contributed by atoms with Gasteiger partial charge < -0.3 is 9.15 Å². The summed E-state index contributed by atoms with van der Waals surface area (Å²) in [6.45, 7) is 5.11. The molecule has 0 saturated heterocycles. The second-order valence-electron chi connectivity index (χ2n) is 6.27. The zero-order valence-corrected chi connectivity index (χ0v) is 15.5. The first-order valence-corrected chi connectivity index (χ1v) is 8.87. The van der Waals surface area contributed by atoms with E-state index in [0.717, 1.165) is 18.6 Å². The second kappa shape index (κ2) is 7.79.